The Bertz CT molecular complexity index is 3180. The van der Waals surface area contributed by atoms with Gasteiger partial charge in [0.2, 0.25) is 41.3 Å². The van der Waals surface area contributed by atoms with Crippen LogP contribution in [0.1, 0.15) is 44.5 Å². The van der Waals surface area contributed by atoms with Gasteiger partial charge < -0.3 is 0 Å². The van der Waals surface area contributed by atoms with Crippen molar-refractivity contribution < 1.29 is 0 Å². The van der Waals surface area contributed by atoms with Gasteiger partial charge in [0.25, 0.3) is 0 Å². The summed E-state index contributed by atoms with van der Waals surface area (Å²) in [7, 11) is 0. The predicted molar refractivity (Wildman–Crippen MR) is 301 cm³/mol. The Balaban J connectivity index is 0.858. The molecular weight excluding hydrogens is 1080 g/mol. The predicted octanol–water partition coefficient (Wildman–Crippen LogP) is 10.7. The molecule has 74 heavy (non-hydrogen) atoms. The quantitative estimate of drug-likeness (QED) is 0.0836. The lowest BCUT2D eigenvalue weighted by molar-refractivity contribution is 0.692. The third kappa shape index (κ3) is 10.2. The van der Waals surface area contributed by atoms with E-state index in [1.807, 2.05) is 91.5 Å². The van der Waals surface area contributed by atoms with Crippen LogP contribution in [-0.2, 0) is 23.0 Å². The zero-order valence-corrected chi connectivity index (χ0v) is 45.3. The highest BCUT2D eigenvalue weighted by atomic mass is 32.2. The summed E-state index contributed by atoms with van der Waals surface area (Å²) in [4.78, 5) is 0. The van der Waals surface area contributed by atoms with Gasteiger partial charge in [-0.3, -0.25) is 0 Å². The van der Waals surface area contributed by atoms with E-state index in [1.165, 1.54) is 0 Å². The summed E-state index contributed by atoms with van der Waals surface area (Å²) in [5.41, 5.74) is 12.9. The van der Waals surface area contributed by atoms with Crippen LogP contribution in [0.2, 0.25) is 0 Å². The summed E-state index contributed by atoms with van der Waals surface area (Å²) in [6, 6.07) is 45.9. The normalized spacial score (nSPS) is 14.8. The molecule has 4 aliphatic rings. The van der Waals surface area contributed by atoms with E-state index in [0.29, 0.717) is 23.0 Å². The van der Waals surface area contributed by atoms with E-state index >= 15 is 0 Å². The number of nitrogens with zero attached hydrogens (tertiary/aromatic N) is 16. The van der Waals surface area contributed by atoms with E-state index in [1.54, 1.807) is 94.1 Å². The van der Waals surface area contributed by atoms with Crippen molar-refractivity contribution in [2.45, 2.75) is 64.3 Å². The average Bonchev–Trinajstić information content (AvgIpc) is 4.29. The lowest BCUT2D eigenvalue weighted by Gasteiger charge is -2.18. The maximum atomic E-state index is 5.07. The lowest BCUT2D eigenvalue weighted by Crippen LogP contribution is -2.13. The van der Waals surface area contributed by atoms with Crippen molar-refractivity contribution in [1.82, 2.24) is 59.5 Å². The molecule has 4 aromatic heterocycles. The molecule has 0 saturated carbocycles. The van der Waals surface area contributed by atoms with Gasteiger partial charge in [-0.05, 0) is 44.5 Å². The first-order valence-corrected chi connectivity index (χ1v) is 31.0. The molecule has 13 rings (SSSR count). The molecule has 0 atom stereocenters. The van der Waals surface area contributed by atoms with E-state index in [4.69, 9.17) is 20.4 Å². The van der Waals surface area contributed by atoms with Gasteiger partial charge in [-0.1, -0.05) is 228 Å². The third-order valence-corrected chi connectivity index (χ3v) is 19.5. The van der Waals surface area contributed by atoms with Crippen molar-refractivity contribution in [3.8, 4) is 0 Å². The average molecular weight is 1120 g/mol. The monoisotopic (exact) mass is 1120 g/mol. The number of hydrogen-bond donors (Lipinski definition) is 0. The number of rotatable bonds is 16. The first-order chi connectivity index (χ1) is 36.6. The third-order valence-electron chi connectivity index (χ3n) is 11.9. The van der Waals surface area contributed by atoms with Gasteiger partial charge in [0.15, 0.2) is 0 Å². The smallest absolute Gasteiger partial charge is 0.181 e. The fourth-order valence-corrected chi connectivity index (χ4v) is 15.4. The van der Waals surface area contributed by atoms with Gasteiger partial charge in [-0.2, -0.15) is 39.1 Å². The Morgan fingerprint density at radius 1 is 0.311 bits per heavy atom. The SMILES string of the molecule is c1ccc(C2=Nn3c(nnc3SCc3cc(CSc4nnc5n4N=C(c4ccccc4)CS5)c(CSc4nnc5n4N=C(c4ccccc4)CS5)cc3CSc3nnc4n3N=C(c3ccccc3)CS4)SC2)cc1. The molecule has 4 aliphatic heterocycles. The highest BCUT2D eigenvalue weighted by Gasteiger charge is 2.26. The van der Waals surface area contributed by atoms with E-state index in [9.17, 15) is 0 Å². The molecule has 5 aromatic carbocycles. The topological polar surface area (TPSA) is 172 Å². The fourth-order valence-electron chi connectivity index (χ4n) is 8.19. The second-order valence-electron chi connectivity index (χ2n) is 16.7. The van der Waals surface area contributed by atoms with Crippen LogP contribution in [0.3, 0.4) is 0 Å². The van der Waals surface area contributed by atoms with Crippen LogP contribution in [0, 0.1) is 0 Å². The minimum atomic E-state index is 0.609. The summed E-state index contributed by atoms with van der Waals surface area (Å²) >= 11 is 13.1. The van der Waals surface area contributed by atoms with Crippen molar-refractivity contribution in [3.63, 3.8) is 0 Å². The molecule has 0 saturated heterocycles. The Morgan fingerprint density at radius 3 is 0.770 bits per heavy atom. The molecule has 0 amide bonds. The van der Waals surface area contributed by atoms with Crippen LogP contribution in [0.5, 0.6) is 0 Å². The highest BCUT2D eigenvalue weighted by Crippen LogP contribution is 2.39. The summed E-state index contributed by atoms with van der Waals surface area (Å²) in [5, 5.41) is 63.2. The van der Waals surface area contributed by atoms with Gasteiger partial charge in [-0.25, -0.2) is 0 Å². The van der Waals surface area contributed by atoms with Crippen molar-refractivity contribution in [2.75, 3.05) is 23.0 Å². The Morgan fingerprint density at radius 2 is 0.541 bits per heavy atom. The number of fused-ring (bicyclic) bond motifs is 4. The number of thioether (sulfide) groups is 8. The van der Waals surface area contributed by atoms with Crippen LogP contribution in [0.25, 0.3) is 0 Å². The second-order valence-corrected chi connectivity index (χ2v) is 24.2. The Kier molecular flexibility index (Phi) is 14.1. The molecule has 8 heterocycles. The van der Waals surface area contributed by atoms with Gasteiger partial charge >= 0.3 is 0 Å². The summed E-state index contributed by atoms with van der Waals surface area (Å²) in [6.07, 6.45) is 0. The molecule has 0 aliphatic carbocycles. The summed E-state index contributed by atoms with van der Waals surface area (Å²) in [6.45, 7) is 0. The van der Waals surface area contributed by atoms with Gasteiger partial charge in [-0.15, -0.1) is 40.8 Å². The first-order valence-electron chi connectivity index (χ1n) is 23.1. The van der Waals surface area contributed by atoms with Gasteiger partial charge in [0, 0.05) is 46.0 Å². The number of benzene rings is 5. The van der Waals surface area contributed by atoms with E-state index < -0.39 is 0 Å². The second kappa shape index (κ2) is 21.8. The molecule has 0 unspecified atom stereocenters. The van der Waals surface area contributed by atoms with Crippen LogP contribution < -0.4 is 0 Å². The summed E-state index contributed by atoms with van der Waals surface area (Å²) < 4.78 is 7.55. The molecule has 16 nitrogen and oxygen atoms in total. The first kappa shape index (κ1) is 47.8. The van der Waals surface area contributed by atoms with E-state index in [0.717, 1.165) is 132 Å². The molecule has 0 bridgehead atoms. The standard InChI is InChI=1S/C50H38N16S8/c1-5-13-31(14-6-1)39-27-71-47-55-51-43(63(47)59-39)67-23-35-21-37(25-69-45-53-57-49-65(45)61-41(29-73-49)33-17-9-3-10-18-33)38(26-70-46-54-58-50-66(46)62-42(30-74-50)34-19-11-4-12-20-34)22-36(35)24-68-44-52-56-48-64(44)60-40(28-72-48)32-15-7-2-8-16-32/h1-22H,23-30H2. The summed E-state index contributed by atoms with van der Waals surface area (Å²) in [5.74, 6) is 5.32. The molecular formula is C50H38N16S8. The zero-order valence-electron chi connectivity index (χ0n) is 38.8. The van der Waals surface area contributed by atoms with Crippen molar-refractivity contribution >= 4 is 117 Å². The van der Waals surface area contributed by atoms with Crippen LogP contribution in [0.15, 0.2) is 195 Å². The van der Waals surface area contributed by atoms with Crippen molar-refractivity contribution in [1.29, 1.82) is 0 Å². The van der Waals surface area contributed by atoms with Crippen LogP contribution in [-0.4, -0.2) is 105 Å². The minimum Gasteiger partial charge on any atom is -0.181 e. The van der Waals surface area contributed by atoms with Crippen LogP contribution in [0.4, 0.5) is 0 Å². The maximum absolute atomic E-state index is 5.07. The fraction of sp³-hybridized carbons (Fsp3) is 0.160. The number of aromatic nitrogens is 12. The minimum absolute atomic E-state index is 0.609. The van der Waals surface area contributed by atoms with E-state index in [-0.39, 0.29) is 0 Å². The number of hydrogen-bond acceptors (Lipinski definition) is 20. The van der Waals surface area contributed by atoms with Gasteiger partial charge in [0.1, 0.15) is 0 Å². The van der Waals surface area contributed by atoms with Gasteiger partial charge in [0.05, 0.1) is 22.8 Å². The largest absolute Gasteiger partial charge is 0.213 e. The molecule has 0 radical (unpaired) electrons. The van der Waals surface area contributed by atoms with Crippen LogP contribution >= 0.6 is 94.1 Å². The lowest BCUT2D eigenvalue weighted by atomic mass is 10.0. The molecule has 24 heteroatoms. The van der Waals surface area contributed by atoms with E-state index in [2.05, 4.69) is 101 Å². The van der Waals surface area contributed by atoms with Crippen molar-refractivity contribution in [3.05, 3.63) is 178 Å². The molecule has 9 aromatic rings. The molecule has 0 spiro atoms. The maximum Gasteiger partial charge on any atom is 0.213 e. The molecule has 0 fully saturated rings. The zero-order chi connectivity index (χ0) is 49.2. The van der Waals surface area contributed by atoms with Crippen molar-refractivity contribution in [2.24, 2.45) is 20.4 Å². The molecule has 366 valence electrons. The Labute approximate surface area is 458 Å². The molecule has 0 N–H and O–H groups in total. The Hall–Kier alpha value is -5.86. The highest BCUT2D eigenvalue weighted by molar-refractivity contribution is 8.01.